The Labute approximate surface area is 120 Å². The number of imidazole rings is 1. The molecule has 0 amide bonds. The maximum atomic E-state index is 5.65. The predicted octanol–water partition coefficient (Wildman–Crippen LogP) is 2.29. The zero-order valence-corrected chi connectivity index (χ0v) is 12.6. The van der Waals surface area contributed by atoms with Crippen molar-refractivity contribution in [3.8, 4) is 11.3 Å². The lowest BCUT2D eigenvalue weighted by Gasteiger charge is -2.27. The minimum atomic E-state index is 0.375. The molecule has 0 saturated heterocycles. The number of nitrogens with zero attached hydrogens (tertiary/aromatic N) is 4. The number of likely N-dealkylation sites (N-methyl/N-ethyl adjacent to an activating group) is 1. The molecule has 5 heteroatoms. The Bertz CT molecular complexity index is 542. The lowest BCUT2D eigenvalue weighted by Crippen LogP contribution is -2.28. The molecule has 0 aliphatic carbocycles. The molecule has 2 aromatic rings. The highest BCUT2D eigenvalue weighted by molar-refractivity contribution is 5.59. The van der Waals surface area contributed by atoms with E-state index in [9.17, 15) is 0 Å². The highest BCUT2D eigenvalue weighted by atomic mass is 15.1. The number of aromatic nitrogens is 3. The van der Waals surface area contributed by atoms with Crippen LogP contribution in [0.15, 0.2) is 30.9 Å². The molecule has 0 aliphatic heterocycles. The van der Waals surface area contributed by atoms with Crippen molar-refractivity contribution in [3.05, 3.63) is 30.9 Å². The average molecular weight is 273 g/mol. The maximum Gasteiger partial charge on any atom is 0.123 e. The first-order chi connectivity index (χ1) is 9.49. The minimum absolute atomic E-state index is 0.375. The molecule has 2 N–H and O–H groups in total. The van der Waals surface area contributed by atoms with Crippen molar-refractivity contribution in [3.63, 3.8) is 0 Å². The molecule has 0 aromatic carbocycles. The van der Waals surface area contributed by atoms with Gasteiger partial charge in [0.2, 0.25) is 0 Å². The smallest absolute Gasteiger partial charge is 0.123 e. The first-order valence-electron chi connectivity index (χ1n) is 6.87. The summed E-state index contributed by atoms with van der Waals surface area (Å²) in [6.07, 6.45) is 5.59. The van der Waals surface area contributed by atoms with Crippen LogP contribution in [0.25, 0.3) is 11.3 Å². The van der Waals surface area contributed by atoms with Gasteiger partial charge >= 0.3 is 0 Å². The van der Waals surface area contributed by atoms with Crippen molar-refractivity contribution < 1.29 is 0 Å². The summed E-state index contributed by atoms with van der Waals surface area (Å²) in [6.45, 7) is 5.45. The van der Waals surface area contributed by atoms with Gasteiger partial charge in [0.25, 0.3) is 0 Å². The average Bonchev–Trinajstić information content (AvgIpc) is 2.85. The number of nitrogen functional groups attached to an aromatic ring is 1. The third-order valence-corrected chi connectivity index (χ3v) is 3.43. The van der Waals surface area contributed by atoms with Gasteiger partial charge in [-0.1, -0.05) is 13.8 Å². The van der Waals surface area contributed by atoms with Crippen LogP contribution in [0, 0.1) is 5.92 Å². The first kappa shape index (κ1) is 14.5. The summed E-state index contributed by atoms with van der Waals surface area (Å²) >= 11 is 0. The Kier molecular flexibility index (Phi) is 4.39. The molecule has 0 aliphatic rings. The number of hydrogen-bond donors (Lipinski definition) is 1. The maximum absolute atomic E-state index is 5.65. The van der Waals surface area contributed by atoms with E-state index >= 15 is 0 Å². The van der Waals surface area contributed by atoms with E-state index in [0.717, 1.165) is 17.8 Å². The molecule has 1 atom stereocenters. The molecule has 0 spiro atoms. The van der Waals surface area contributed by atoms with E-state index in [1.807, 2.05) is 24.7 Å². The van der Waals surface area contributed by atoms with Crippen molar-refractivity contribution >= 4 is 5.82 Å². The van der Waals surface area contributed by atoms with E-state index in [4.69, 9.17) is 5.73 Å². The molecule has 20 heavy (non-hydrogen) atoms. The Hall–Kier alpha value is -1.88. The van der Waals surface area contributed by atoms with Crippen molar-refractivity contribution in [2.45, 2.75) is 19.9 Å². The number of anilines is 1. The van der Waals surface area contributed by atoms with E-state index in [2.05, 4.69) is 47.4 Å². The summed E-state index contributed by atoms with van der Waals surface area (Å²) in [4.78, 5) is 10.7. The van der Waals surface area contributed by atoms with E-state index in [1.54, 1.807) is 6.20 Å². The number of rotatable bonds is 5. The summed E-state index contributed by atoms with van der Waals surface area (Å²) in [5.74, 6) is 1.06. The molecule has 0 saturated carbocycles. The van der Waals surface area contributed by atoms with Crippen LogP contribution in [0.5, 0.6) is 0 Å². The van der Waals surface area contributed by atoms with Crippen LogP contribution in [0.2, 0.25) is 0 Å². The molecular formula is C15H23N5. The fourth-order valence-electron chi connectivity index (χ4n) is 2.34. The molecular weight excluding hydrogens is 250 g/mol. The number of pyridine rings is 1. The molecule has 108 valence electrons. The normalized spacial score (nSPS) is 13.1. The van der Waals surface area contributed by atoms with Crippen LogP contribution < -0.4 is 5.73 Å². The van der Waals surface area contributed by atoms with Gasteiger partial charge in [0.05, 0.1) is 24.3 Å². The first-order valence-corrected chi connectivity index (χ1v) is 6.87. The lowest BCUT2D eigenvalue weighted by molar-refractivity contribution is 0.270. The topological polar surface area (TPSA) is 60.0 Å². The highest BCUT2D eigenvalue weighted by Crippen LogP contribution is 2.26. The van der Waals surface area contributed by atoms with Crippen molar-refractivity contribution in [1.82, 2.24) is 19.4 Å². The zero-order chi connectivity index (χ0) is 14.7. The number of hydrogen-bond acceptors (Lipinski definition) is 4. The van der Waals surface area contributed by atoms with Crippen LogP contribution in [0.4, 0.5) is 5.82 Å². The van der Waals surface area contributed by atoms with E-state index < -0.39 is 0 Å². The summed E-state index contributed by atoms with van der Waals surface area (Å²) in [5.41, 5.74) is 7.78. The molecule has 0 radical (unpaired) electrons. The second-order valence-corrected chi connectivity index (χ2v) is 5.73. The largest absolute Gasteiger partial charge is 0.384 e. The Morgan fingerprint density at radius 3 is 2.55 bits per heavy atom. The molecule has 2 rings (SSSR count). The van der Waals surface area contributed by atoms with Gasteiger partial charge in [-0.25, -0.2) is 9.97 Å². The van der Waals surface area contributed by atoms with Gasteiger partial charge < -0.3 is 15.2 Å². The summed E-state index contributed by atoms with van der Waals surface area (Å²) in [6, 6.07) is 4.19. The van der Waals surface area contributed by atoms with Gasteiger partial charge in [0.1, 0.15) is 5.82 Å². The third kappa shape index (κ3) is 3.17. The summed E-state index contributed by atoms with van der Waals surface area (Å²) in [7, 11) is 4.19. The van der Waals surface area contributed by atoms with Crippen molar-refractivity contribution in [2.24, 2.45) is 5.92 Å². The summed E-state index contributed by atoms with van der Waals surface area (Å²) < 4.78 is 2.23. The van der Waals surface area contributed by atoms with Crippen LogP contribution >= 0.6 is 0 Å². The Morgan fingerprint density at radius 1 is 1.25 bits per heavy atom. The monoisotopic (exact) mass is 273 g/mol. The number of nitrogens with two attached hydrogens (primary N) is 1. The predicted molar refractivity (Wildman–Crippen MR) is 82.3 cm³/mol. The fraction of sp³-hybridized carbons (Fsp3) is 0.467. The van der Waals surface area contributed by atoms with Gasteiger partial charge in [0.15, 0.2) is 0 Å². The lowest BCUT2D eigenvalue weighted by atomic mass is 10.0. The highest BCUT2D eigenvalue weighted by Gasteiger charge is 2.19. The SMILES string of the molecule is CC(C)C(CN(C)C)n1cncc1-c1ccc(N)nc1. The molecule has 0 fully saturated rings. The van der Waals surface area contributed by atoms with Gasteiger partial charge in [-0.15, -0.1) is 0 Å². The fourth-order valence-corrected chi connectivity index (χ4v) is 2.34. The summed E-state index contributed by atoms with van der Waals surface area (Å²) in [5, 5.41) is 0. The zero-order valence-electron chi connectivity index (χ0n) is 12.6. The van der Waals surface area contributed by atoms with Gasteiger partial charge in [-0.2, -0.15) is 0 Å². The molecule has 1 unspecified atom stereocenters. The van der Waals surface area contributed by atoms with Crippen LogP contribution in [-0.4, -0.2) is 40.1 Å². The van der Waals surface area contributed by atoms with E-state index in [1.165, 1.54) is 0 Å². The molecule has 2 heterocycles. The third-order valence-electron chi connectivity index (χ3n) is 3.43. The Balaban J connectivity index is 2.37. The quantitative estimate of drug-likeness (QED) is 0.908. The Morgan fingerprint density at radius 2 is 2.00 bits per heavy atom. The molecule has 2 aromatic heterocycles. The van der Waals surface area contributed by atoms with E-state index in [-0.39, 0.29) is 0 Å². The van der Waals surface area contributed by atoms with Crippen LogP contribution in [-0.2, 0) is 0 Å². The van der Waals surface area contributed by atoms with E-state index in [0.29, 0.717) is 17.8 Å². The van der Waals surface area contributed by atoms with Gasteiger partial charge in [-0.05, 0) is 32.1 Å². The van der Waals surface area contributed by atoms with Gasteiger partial charge in [0, 0.05) is 18.3 Å². The van der Waals surface area contributed by atoms with Gasteiger partial charge in [-0.3, -0.25) is 0 Å². The molecule has 0 bridgehead atoms. The minimum Gasteiger partial charge on any atom is -0.384 e. The molecule has 5 nitrogen and oxygen atoms in total. The van der Waals surface area contributed by atoms with Crippen LogP contribution in [0.3, 0.4) is 0 Å². The van der Waals surface area contributed by atoms with Crippen LogP contribution in [0.1, 0.15) is 19.9 Å². The standard InChI is InChI=1S/C15H23N5/c1-11(2)14(9-19(3)4)20-10-17-8-13(20)12-5-6-15(16)18-7-12/h5-8,10-11,14H,9H2,1-4H3,(H2,16,18). The second kappa shape index (κ2) is 6.05. The second-order valence-electron chi connectivity index (χ2n) is 5.73. The van der Waals surface area contributed by atoms with Crippen molar-refractivity contribution in [2.75, 3.05) is 26.4 Å². The van der Waals surface area contributed by atoms with Crippen molar-refractivity contribution in [1.29, 1.82) is 0 Å².